The van der Waals surface area contributed by atoms with Crippen LogP contribution >= 0.6 is 0 Å². The van der Waals surface area contributed by atoms with Crippen molar-refractivity contribution in [2.24, 2.45) is 5.92 Å². The van der Waals surface area contributed by atoms with Crippen molar-refractivity contribution < 1.29 is 14.6 Å². The number of ether oxygens (including phenoxy) is 1. The number of carboxylic acids is 1. The molecular weight excluding hydrogens is 204 g/mol. The van der Waals surface area contributed by atoms with Crippen molar-refractivity contribution in [1.82, 2.24) is 0 Å². The molecule has 0 unspecified atom stereocenters. The Morgan fingerprint density at radius 2 is 2.12 bits per heavy atom. The monoisotopic (exact) mass is 220 g/mol. The molecule has 1 aliphatic heterocycles. The number of hydrogen-bond donors (Lipinski definition) is 1. The molecule has 0 aliphatic carbocycles. The van der Waals surface area contributed by atoms with Crippen molar-refractivity contribution in [2.45, 2.75) is 18.8 Å². The Bertz CT molecular complexity index is 347. The summed E-state index contributed by atoms with van der Waals surface area (Å²) in [6, 6.07) is 10.1. The summed E-state index contributed by atoms with van der Waals surface area (Å²) in [7, 11) is 0. The van der Waals surface area contributed by atoms with Crippen molar-refractivity contribution in [1.29, 1.82) is 0 Å². The van der Waals surface area contributed by atoms with E-state index in [1.807, 2.05) is 18.2 Å². The molecule has 1 aromatic rings. The van der Waals surface area contributed by atoms with Gasteiger partial charge in [-0.05, 0) is 23.8 Å². The second kappa shape index (κ2) is 5.12. The van der Waals surface area contributed by atoms with Gasteiger partial charge in [-0.25, -0.2) is 0 Å². The maximum Gasteiger partial charge on any atom is 0.303 e. The SMILES string of the molecule is O=C(O)C[C@@H]1COCC[C@H]1c1ccccc1. The van der Waals surface area contributed by atoms with Crippen LogP contribution in [0.5, 0.6) is 0 Å². The molecule has 2 rings (SSSR count). The molecule has 1 N–H and O–H groups in total. The fourth-order valence-electron chi connectivity index (χ4n) is 2.36. The highest BCUT2D eigenvalue weighted by molar-refractivity contribution is 5.67. The zero-order valence-electron chi connectivity index (χ0n) is 9.13. The van der Waals surface area contributed by atoms with E-state index >= 15 is 0 Å². The molecule has 1 fully saturated rings. The molecular formula is C13H16O3. The Morgan fingerprint density at radius 1 is 1.38 bits per heavy atom. The summed E-state index contributed by atoms with van der Waals surface area (Å²) < 4.78 is 5.37. The average molecular weight is 220 g/mol. The topological polar surface area (TPSA) is 46.5 Å². The van der Waals surface area contributed by atoms with Gasteiger partial charge in [0, 0.05) is 6.61 Å². The average Bonchev–Trinajstić information content (AvgIpc) is 2.30. The van der Waals surface area contributed by atoms with Crippen LogP contribution in [0.25, 0.3) is 0 Å². The van der Waals surface area contributed by atoms with Crippen LogP contribution in [0, 0.1) is 5.92 Å². The van der Waals surface area contributed by atoms with Gasteiger partial charge in [-0.3, -0.25) is 4.79 Å². The smallest absolute Gasteiger partial charge is 0.303 e. The van der Waals surface area contributed by atoms with Crippen molar-refractivity contribution in [3.8, 4) is 0 Å². The summed E-state index contributed by atoms with van der Waals surface area (Å²) in [5.74, 6) is -0.309. The minimum absolute atomic E-state index is 0.105. The van der Waals surface area contributed by atoms with Crippen LogP contribution in [-0.2, 0) is 9.53 Å². The van der Waals surface area contributed by atoms with Gasteiger partial charge in [-0.2, -0.15) is 0 Å². The number of benzene rings is 1. The van der Waals surface area contributed by atoms with Gasteiger partial charge in [0.15, 0.2) is 0 Å². The van der Waals surface area contributed by atoms with Gasteiger partial charge in [0.1, 0.15) is 0 Å². The Kier molecular flexibility index (Phi) is 3.57. The quantitative estimate of drug-likeness (QED) is 0.850. The van der Waals surface area contributed by atoms with Crippen LogP contribution in [-0.4, -0.2) is 24.3 Å². The Hall–Kier alpha value is -1.35. The predicted molar refractivity (Wildman–Crippen MR) is 60.4 cm³/mol. The maximum absolute atomic E-state index is 10.8. The molecule has 86 valence electrons. The van der Waals surface area contributed by atoms with Gasteiger partial charge >= 0.3 is 5.97 Å². The van der Waals surface area contributed by atoms with Crippen molar-refractivity contribution >= 4 is 5.97 Å². The van der Waals surface area contributed by atoms with E-state index in [4.69, 9.17) is 9.84 Å². The first-order valence-corrected chi connectivity index (χ1v) is 5.62. The van der Waals surface area contributed by atoms with Gasteiger partial charge in [-0.15, -0.1) is 0 Å². The van der Waals surface area contributed by atoms with Crippen molar-refractivity contribution in [2.75, 3.05) is 13.2 Å². The molecule has 3 nitrogen and oxygen atoms in total. The molecule has 3 heteroatoms. The second-order valence-electron chi connectivity index (χ2n) is 4.24. The van der Waals surface area contributed by atoms with Gasteiger partial charge in [0.25, 0.3) is 0 Å². The van der Waals surface area contributed by atoms with Gasteiger partial charge < -0.3 is 9.84 Å². The van der Waals surface area contributed by atoms with E-state index in [9.17, 15) is 4.79 Å². The first-order chi connectivity index (χ1) is 7.77. The number of carbonyl (C=O) groups is 1. The number of rotatable bonds is 3. The molecule has 1 aliphatic rings. The lowest BCUT2D eigenvalue weighted by molar-refractivity contribution is -0.139. The normalized spacial score (nSPS) is 25.2. The van der Waals surface area contributed by atoms with Crippen LogP contribution in [0.3, 0.4) is 0 Å². The third-order valence-corrected chi connectivity index (χ3v) is 3.14. The van der Waals surface area contributed by atoms with Gasteiger partial charge in [0.2, 0.25) is 0 Å². The Labute approximate surface area is 95.0 Å². The Morgan fingerprint density at radius 3 is 2.81 bits per heavy atom. The van der Waals surface area contributed by atoms with E-state index in [1.54, 1.807) is 0 Å². The minimum atomic E-state index is -0.739. The Balaban J connectivity index is 2.13. The zero-order chi connectivity index (χ0) is 11.4. The third kappa shape index (κ3) is 2.61. The van der Waals surface area contributed by atoms with Crippen LogP contribution in [0.15, 0.2) is 30.3 Å². The largest absolute Gasteiger partial charge is 0.481 e. The highest BCUT2D eigenvalue weighted by Crippen LogP contribution is 2.33. The van der Waals surface area contributed by atoms with Crippen LogP contribution in [0.2, 0.25) is 0 Å². The summed E-state index contributed by atoms with van der Waals surface area (Å²) in [4.78, 5) is 10.8. The summed E-state index contributed by atoms with van der Waals surface area (Å²) in [6.45, 7) is 1.29. The molecule has 1 heterocycles. The molecule has 0 spiro atoms. The first-order valence-electron chi connectivity index (χ1n) is 5.62. The lowest BCUT2D eigenvalue weighted by atomic mass is 9.81. The van der Waals surface area contributed by atoms with Crippen molar-refractivity contribution in [3.63, 3.8) is 0 Å². The molecule has 0 saturated carbocycles. The molecule has 0 bridgehead atoms. The van der Waals surface area contributed by atoms with Crippen LogP contribution < -0.4 is 0 Å². The van der Waals surface area contributed by atoms with Crippen LogP contribution in [0.4, 0.5) is 0 Å². The van der Waals surface area contributed by atoms with E-state index in [1.165, 1.54) is 5.56 Å². The number of aliphatic carboxylic acids is 1. The second-order valence-corrected chi connectivity index (χ2v) is 4.24. The fourth-order valence-corrected chi connectivity index (χ4v) is 2.36. The standard InChI is InChI=1S/C13H16O3/c14-13(15)8-11-9-16-7-6-12(11)10-4-2-1-3-5-10/h1-5,11-12H,6-9H2,(H,14,15)/t11-,12+/m1/s1. The fraction of sp³-hybridized carbons (Fsp3) is 0.462. The van der Waals surface area contributed by atoms with E-state index in [0.29, 0.717) is 12.5 Å². The minimum Gasteiger partial charge on any atom is -0.481 e. The number of carboxylic acid groups (broad SMARTS) is 1. The molecule has 16 heavy (non-hydrogen) atoms. The van der Waals surface area contributed by atoms with Gasteiger partial charge in [0.05, 0.1) is 13.0 Å². The van der Waals surface area contributed by atoms with E-state index < -0.39 is 5.97 Å². The zero-order valence-corrected chi connectivity index (χ0v) is 9.13. The maximum atomic E-state index is 10.8. The van der Waals surface area contributed by atoms with Gasteiger partial charge in [-0.1, -0.05) is 30.3 Å². The molecule has 0 amide bonds. The molecule has 0 radical (unpaired) electrons. The molecule has 1 saturated heterocycles. The lowest BCUT2D eigenvalue weighted by Gasteiger charge is -2.30. The summed E-state index contributed by atoms with van der Waals surface area (Å²) in [5.41, 5.74) is 1.23. The van der Waals surface area contributed by atoms with E-state index in [2.05, 4.69) is 12.1 Å². The molecule has 0 aromatic heterocycles. The predicted octanol–water partition coefficient (Wildman–Crippen LogP) is 2.28. The third-order valence-electron chi connectivity index (χ3n) is 3.14. The highest BCUT2D eigenvalue weighted by Gasteiger charge is 2.28. The van der Waals surface area contributed by atoms with E-state index in [-0.39, 0.29) is 12.3 Å². The summed E-state index contributed by atoms with van der Waals surface area (Å²) in [5, 5.41) is 8.87. The molecule has 2 atom stereocenters. The van der Waals surface area contributed by atoms with Crippen molar-refractivity contribution in [3.05, 3.63) is 35.9 Å². The first kappa shape index (κ1) is 11.1. The number of hydrogen-bond acceptors (Lipinski definition) is 2. The van der Waals surface area contributed by atoms with Crippen LogP contribution in [0.1, 0.15) is 24.3 Å². The lowest BCUT2D eigenvalue weighted by Crippen LogP contribution is -2.28. The highest BCUT2D eigenvalue weighted by atomic mass is 16.5. The van der Waals surface area contributed by atoms with E-state index in [0.717, 1.165) is 13.0 Å². The summed E-state index contributed by atoms with van der Waals surface area (Å²) in [6.07, 6.45) is 1.11. The molecule has 1 aromatic carbocycles. The summed E-state index contributed by atoms with van der Waals surface area (Å²) >= 11 is 0.